The van der Waals surface area contributed by atoms with Gasteiger partial charge in [-0.15, -0.1) is 0 Å². The molecule has 0 aliphatic rings. The van der Waals surface area contributed by atoms with Gasteiger partial charge in [0, 0.05) is 13.1 Å². The van der Waals surface area contributed by atoms with E-state index in [9.17, 15) is 13.2 Å². The fourth-order valence-corrected chi connectivity index (χ4v) is 2.70. The number of para-hydroxylation sites is 2. The van der Waals surface area contributed by atoms with Crippen LogP contribution in [0.5, 0.6) is 0 Å². The minimum Gasteiger partial charge on any atom is -0.296 e. The number of aryl methyl sites for hydroxylation is 1. The number of hydrogen-bond donors (Lipinski definition) is 0. The molecule has 0 unspecified atom stereocenters. The van der Waals surface area contributed by atoms with Crippen LogP contribution in [0, 0.1) is 6.92 Å². The second-order valence-electron chi connectivity index (χ2n) is 6.11. The van der Waals surface area contributed by atoms with Crippen molar-refractivity contribution < 1.29 is 13.2 Å². The van der Waals surface area contributed by atoms with E-state index >= 15 is 0 Å². The third-order valence-electron chi connectivity index (χ3n) is 4.00. The maximum atomic E-state index is 12.6. The van der Waals surface area contributed by atoms with E-state index in [1.807, 2.05) is 43.1 Å². The molecule has 0 atom stereocenters. The van der Waals surface area contributed by atoms with Crippen molar-refractivity contribution in [2.75, 3.05) is 7.05 Å². The Hall–Kier alpha value is -2.47. The predicted molar refractivity (Wildman–Crippen MR) is 90.9 cm³/mol. The molecule has 6 heteroatoms. The average molecular weight is 345 g/mol. The number of hydrogen-bond acceptors (Lipinski definition) is 3. The van der Waals surface area contributed by atoms with Gasteiger partial charge in [-0.2, -0.15) is 13.2 Å². The predicted octanol–water partition coefficient (Wildman–Crippen LogP) is 4.59. The van der Waals surface area contributed by atoms with Crippen molar-refractivity contribution >= 4 is 11.0 Å². The molecule has 0 radical (unpaired) electrons. The highest BCUT2D eigenvalue weighted by Gasteiger charge is 2.29. The standard InChI is InChI=1S/C19H18F3N3/c1-13-18(24-17-6-4-3-5-16(17)23-13)12-25(2)11-14-7-9-15(10-8-14)19(20,21)22/h3-10H,11-12H2,1-2H3. The van der Waals surface area contributed by atoms with Crippen molar-refractivity contribution in [2.45, 2.75) is 26.2 Å². The molecule has 0 amide bonds. The summed E-state index contributed by atoms with van der Waals surface area (Å²) in [7, 11) is 1.91. The van der Waals surface area contributed by atoms with Crippen LogP contribution in [-0.2, 0) is 19.3 Å². The molecule has 3 rings (SSSR count). The van der Waals surface area contributed by atoms with Crippen LogP contribution in [0.15, 0.2) is 48.5 Å². The number of fused-ring (bicyclic) bond motifs is 1. The van der Waals surface area contributed by atoms with Gasteiger partial charge in [-0.25, -0.2) is 9.97 Å². The highest BCUT2D eigenvalue weighted by Crippen LogP contribution is 2.29. The van der Waals surface area contributed by atoms with Crippen LogP contribution in [0.4, 0.5) is 13.2 Å². The molecule has 0 spiro atoms. The number of rotatable bonds is 4. The van der Waals surface area contributed by atoms with E-state index in [-0.39, 0.29) is 0 Å². The largest absolute Gasteiger partial charge is 0.416 e. The third-order valence-corrected chi connectivity index (χ3v) is 4.00. The van der Waals surface area contributed by atoms with Crippen LogP contribution < -0.4 is 0 Å². The molecule has 1 heterocycles. The lowest BCUT2D eigenvalue weighted by atomic mass is 10.1. The lowest BCUT2D eigenvalue weighted by molar-refractivity contribution is -0.137. The fourth-order valence-electron chi connectivity index (χ4n) is 2.70. The van der Waals surface area contributed by atoms with Gasteiger partial charge in [-0.3, -0.25) is 4.90 Å². The van der Waals surface area contributed by atoms with Gasteiger partial charge in [-0.1, -0.05) is 24.3 Å². The first-order chi connectivity index (χ1) is 11.8. The van der Waals surface area contributed by atoms with E-state index in [0.717, 1.165) is 40.1 Å². The summed E-state index contributed by atoms with van der Waals surface area (Å²) in [5, 5.41) is 0. The summed E-state index contributed by atoms with van der Waals surface area (Å²) in [6.07, 6.45) is -4.30. The van der Waals surface area contributed by atoms with Crippen LogP contribution in [0.3, 0.4) is 0 Å². The molecule has 0 saturated carbocycles. The zero-order valence-corrected chi connectivity index (χ0v) is 14.0. The molecule has 3 nitrogen and oxygen atoms in total. The van der Waals surface area contributed by atoms with Crippen molar-refractivity contribution in [2.24, 2.45) is 0 Å². The molecule has 0 N–H and O–H groups in total. The first-order valence-electron chi connectivity index (χ1n) is 7.90. The van der Waals surface area contributed by atoms with E-state index in [1.54, 1.807) is 0 Å². The molecular weight excluding hydrogens is 327 g/mol. The van der Waals surface area contributed by atoms with Crippen molar-refractivity contribution in [3.05, 3.63) is 71.0 Å². The SMILES string of the molecule is Cc1nc2ccccc2nc1CN(C)Cc1ccc(C(F)(F)F)cc1. The summed E-state index contributed by atoms with van der Waals surface area (Å²) in [5.74, 6) is 0. The van der Waals surface area contributed by atoms with E-state index < -0.39 is 11.7 Å². The molecule has 0 aliphatic carbocycles. The van der Waals surface area contributed by atoms with Crippen molar-refractivity contribution in [1.29, 1.82) is 0 Å². The van der Waals surface area contributed by atoms with Crippen molar-refractivity contribution in [1.82, 2.24) is 14.9 Å². The highest BCUT2D eigenvalue weighted by atomic mass is 19.4. The van der Waals surface area contributed by atoms with Crippen molar-refractivity contribution in [3.8, 4) is 0 Å². The van der Waals surface area contributed by atoms with Gasteiger partial charge in [0.1, 0.15) is 0 Å². The zero-order chi connectivity index (χ0) is 18.0. The summed E-state index contributed by atoms with van der Waals surface area (Å²) < 4.78 is 37.8. The molecule has 2 aromatic carbocycles. The van der Waals surface area contributed by atoms with Gasteiger partial charge >= 0.3 is 6.18 Å². The Balaban J connectivity index is 1.72. The summed E-state index contributed by atoms with van der Waals surface area (Å²) in [6, 6.07) is 12.9. The maximum absolute atomic E-state index is 12.6. The summed E-state index contributed by atoms with van der Waals surface area (Å²) in [6.45, 7) is 3.03. The molecule has 0 bridgehead atoms. The van der Waals surface area contributed by atoms with E-state index in [0.29, 0.717) is 13.1 Å². The molecule has 1 aromatic heterocycles. The van der Waals surface area contributed by atoms with Crippen LogP contribution in [0.25, 0.3) is 11.0 Å². The molecule has 0 saturated heterocycles. The van der Waals surface area contributed by atoms with Gasteiger partial charge in [0.15, 0.2) is 0 Å². The number of nitrogens with zero attached hydrogens (tertiary/aromatic N) is 3. The summed E-state index contributed by atoms with van der Waals surface area (Å²) >= 11 is 0. The Kier molecular flexibility index (Phi) is 4.72. The van der Waals surface area contributed by atoms with E-state index in [1.165, 1.54) is 12.1 Å². The second-order valence-corrected chi connectivity index (χ2v) is 6.11. The lowest BCUT2D eigenvalue weighted by Gasteiger charge is -2.18. The number of aromatic nitrogens is 2. The lowest BCUT2D eigenvalue weighted by Crippen LogP contribution is -2.19. The molecular formula is C19H18F3N3. The van der Waals surface area contributed by atoms with Gasteiger partial charge in [0.2, 0.25) is 0 Å². The third kappa shape index (κ3) is 4.14. The fraction of sp³-hybridized carbons (Fsp3) is 0.263. The first-order valence-corrected chi connectivity index (χ1v) is 7.90. The zero-order valence-electron chi connectivity index (χ0n) is 14.0. The minimum atomic E-state index is -4.30. The number of halogens is 3. The van der Waals surface area contributed by atoms with Gasteiger partial charge < -0.3 is 0 Å². The normalized spacial score (nSPS) is 12.1. The number of benzene rings is 2. The first kappa shape index (κ1) is 17.4. The molecule has 3 aromatic rings. The Morgan fingerprint density at radius 3 is 2.08 bits per heavy atom. The molecule has 25 heavy (non-hydrogen) atoms. The highest BCUT2D eigenvalue weighted by molar-refractivity contribution is 5.74. The summed E-state index contributed by atoms with van der Waals surface area (Å²) in [4.78, 5) is 11.2. The smallest absolute Gasteiger partial charge is 0.296 e. The Bertz CT molecular complexity index is 873. The van der Waals surface area contributed by atoms with Gasteiger partial charge in [0.25, 0.3) is 0 Å². The Morgan fingerprint density at radius 2 is 1.48 bits per heavy atom. The monoisotopic (exact) mass is 345 g/mol. The van der Waals surface area contributed by atoms with Crippen LogP contribution in [-0.4, -0.2) is 21.9 Å². The average Bonchev–Trinajstić information content (AvgIpc) is 2.55. The van der Waals surface area contributed by atoms with Gasteiger partial charge in [0.05, 0.1) is 28.0 Å². The van der Waals surface area contributed by atoms with E-state index in [4.69, 9.17) is 0 Å². The molecule has 0 fully saturated rings. The van der Waals surface area contributed by atoms with E-state index in [2.05, 4.69) is 9.97 Å². The Morgan fingerprint density at radius 1 is 0.880 bits per heavy atom. The van der Waals surface area contributed by atoms with Crippen molar-refractivity contribution in [3.63, 3.8) is 0 Å². The topological polar surface area (TPSA) is 29.0 Å². The van der Waals surface area contributed by atoms with Crippen LogP contribution in [0.1, 0.15) is 22.5 Å². The molecule has 130 valence electrons. The number of alkyl halides is 3. The summed E-state index contributed by atoms with van der Waals surface area (Å²) in [5.41, 5.74) is 3.61. The van der Waals surface area contributed by atoms with Crippen LogP contribution in [0.2, 0.25) is 0 Å². The maximum Gasteiger partial charge on any atom is 0.416 e. The van der Waals surface area contributed by atoms with Gasteiger partial charge in [-0.05, 0) is 43.8 Å². The van der Waals surface area contributed by atoms with Crippen LogP contribution >= 0.6 is 0 Å². The molecule has 0 aliphatic heterocycles. The Labute approximate surface area is 144 Å². The second kappa shape index (κ2) is 6.80. The minimum absolute atomic E-state index is 0.534. The quantitative estimate of drug-likeness (QED) is 0.693.